The zero-order valence-electron chi connectivity index (χ0n) is 12.8. The fraction of sp³-hybridized carbons (Fsp3) is 0.176. The van der Waals surface area contributed by atoms with E-state index in [1.807, 2.05) is 0 Å². The molecule has 5 nitrogen and oxygen atoms in total. The zero-order valence-corrected chi connectivity index (χ0v) is 13.5. The highest BCUT2D eigenvalue weighted by Crippen LogP contribution is 2.15. The fourth-order valence-corrected chi connectivity index (χ4v) is 2.28. The Morgan fingerprint density at radius 3 is 2.75 bits per heavy atom. The van der Waals surface area contributed by atoms with Crippen molar-refractivity contribution >= 4 is 23.2 Å². The second-order valence-electron chi connectivity index (χ2n) is 5.17. The Morgan fingerprint density at radius 1 is 1.25 bits per heavy atom. The predicted molar refractivity (Wildman–Crippen MR) is 86.5 cm³/mol. The van der Waals surface area contributed by atoms with Crippen LogP contribution in [0.5, 0.6) is 5.75 Å². The van der Waals surface area contributed by atoms with Gasteiger partial charge in [0.25, 0.3) is 0 Å². The number of rotatable bonds is 5. The molecule has 0 aliphatic rings. The summed E-state index contributed by atoms with van der Waals surface area (Å²) in [7, 11) is 0. The van der Waals surface area contributed by atoms with Gasteiger partial charge in [0.2, 0.25) is 0 Å². The second-order valence-corrected chi connectivity index (χ2v) is 5.60. The predicted octanol–water partition coefficient (Wildman–Crippen LogP) is 3.64. The minimum atomic E-state index is -0.818. The molecule has 0 aliphatic heterocycles. The second kappa shape index (κ2) is 6.88. The maximum atomic E-state index is 12.8. The number of aromatic nitrogens is 2. The third-order valence-electron chi connectivity index (χ3n) is 3.29. The molecule has 124 valence electrons. The van der Waals surface area contributed by atoms with Gasteiger partial charge in [-0.25, -0.2) is 14.2 Å². The van der Waals surface area contributed by atoms with Gasteiger partial charge in [-0.2, -0.15) is 0 Å². The van der Waals surface area contributed by atoms with Crippen LogP contribution in [0.4, 0.5) is 4.39 Å². The normalized spacial score (nSPS) is 12.1. The van der Waals surface area contributed by atoms with Crippen LogP contribution in [0.25, 0.3) is 5.65 Å². The van der Waals surface area contributed by atoms with Crippen LogP contribution in [-0.2, 0) is 16.1 Å². The standard InChI is InChI=1S/C17H14ClFN2O3/c1-11(24-15-5-3-13(19)4-6-15)17(22)23-10-14-9-21-8-12(18)2-7-16(21)20-14/h2-9,11H,10H2,1H3/t11-/m0/s1. The van der Waals surface area contributed by atoms with Crippen LogP contribution in [0.1, 0.15) is 12.6 Å². The first-order valence-electron chi connectivity index (χ1n) is 7.23. The first-order valence-corrected chi connectivity index (χ1v) is 7.61. The average molecular weight is 349 g/mol. The summed E-state index contributed by atoms with van der Waals surface area (Å²) in [5.74, 6) is -0.512. The summed E-state index contributed by atoms with van der Waals surface area (Å²) in [6, 6.07) is 8.92. The van der Waals surface area contributed by atoms with Crippen molar-refractivity contribution in [2.75, 3.05) is 0 Å². The number of carbonyl (C=O) groups is 1. The SMILES string of the molecule is C[C@H](Oc1ccc(F)cc1)C(=O)OCc1cn2cc(Cl)ccc2n1. The van der Waals surface area contributed by atoms with Gasteiger partial charge in [0.1, 0.15) is 23.8 Å². The highest BCUT2D eigenvalue weighted by Gasteiger charge is 2.17. The number of hydrogen-bond acceptors (Lipinski definition) is 4. The molecule has 0 bridgehead atoms. The van der Waals surface area contributed by atoms with E-state index in [-0.39, 0.29) is 12.4 Å². The molecule has 0 amide bonds. The molecule has 0 unspecified atom stereocenters. The van der Waals surface area contributed by atoms with E-state index in [0.29, 0.717) is 22.1 Å². The third-order valence-corrected chi connectivity index (χ3v) is 3.51. The van der Waals surface area contributed by atoms with Gasteiger partial charge in [-0.3, -0.25) is 0 Å². The van der Waals surface area contributed by atoms with Gasteiger partial charge in [-0.05, 0) is 43.3 Å². The Kier molecular flexibility index (Phi) is 4.66. The number of imidazole rings is 1. The van der Waals surface area contributed by atoms with Crippen molar-refractivity contribution in [3.8, 4) is 5.75 Å². The average Bonchev–Trinajstić information content (AvgIpc) is 2.96. The van der Waals surface area contributed by atoms with Crippen molar-refractivity contribution in [2.45, 2.75) is 19.6 Å². The monoisotopic (exact) mass is 348 g/mol. The lowest BCUT2D eigenvalue weighted by Gasteiger charge is -2.13. The first kappa shape index (κ1) is 16.3. The maximum Gasteiger partial charge on any atom is 0.347 e. The van der Waals surface area contributed by atoms with Crippen LogP contribution in [0, 0.1) is 5.82 Å². The lowest BCUT2D eigenvalue weighted by Crippen LogP contribution is -2.26. The lowest BCUT2D eigenvalue weighted by molar-refractivity contribution is -0.152. The van der Waals surface area contributed by atoms with Gasteiger partial charge in [-0.1, -0.05) is 11.6 Å². The van der Waals surface area contributed by atoms with Gasteiger partial charge in [0.05, 0.1) is 10.7 Å². The molecule has 3 rings (SSSR count). The van der Waals surface area contributed by atoms with E-state index in [1.165, 1.54) is 24.3 Å². The zero-order chi connectivity index (χ0) is 17.1. The number of halogens is 2. The Labute approximate surface area is 142 Å². The highest BCUT2D eigenvalue weighted by atomic mass is 35.5. The molecule has 0 saturated heterocycles. The minimum Gasteiger partial charge on any atom is -0.479 e. The Balaban J connectivity index is 1.58. The summed E-state index contributed by atoms with van der Waals surface area (Å²) >= 11 is 5.91. The first-order chi connectivity index (χ1) is 11.5. The summed E-state index contributed by atoms with van der Waals surface area (Å²) in [4.78, 5) is 16.3. The number of benzene rings is 1. The molecule has 7 heteroatoms. The van der Waals surface area contributed by atoms with E-state index in [4.69, 9.17) is 21.1 Å². The number of esters is 1. The van der Waals surface area contributed by atoms with Crippen molar-refractivity contribution in [1.29, 1.82) is 0 Å². The van der Waals surface area contributed by atoms with Crippen molar-refractivity contribution in [1.82, 2.24) is 9.38 Å². The van der Waals surface area contributed by atoms with E-state index in [9.17, 15) is 9.18 Å². The smallest absolute Gasteiger partial charge is 0.347 e. The van der Waals surface area contributed by atoms with Crippen LogP contribution in [0.15, 0.2) is 48.8 Å². The molecule has 24 heavy (non-hydrogen) atoms. The van der Waals surface area contributed by atoms with Gasteiger partial charge in [0, 0.05) is 12.4 Å². The molecule has 3 aromatic rings. The third kappa shape index (κ3) is 3.83. The van der Waals surface area contributed by atoms with E-state index < -0.39 is 12.1 Å². The number of carbonyl (C=O) groups excluding carboxylic acids is 1. The number of nitrogens with zero attached hydrogens (tertiary/aromatic N) is 2. The molecule has 1 atom stereocenters. The summed E-state index contributed by atoms with van der Waals surface area (Å²) in [6.07, 6.45) is 2.64. The maximum absolute atomic E-state index is 12.8. The van der Waals surface area contributed by atoms with E-state index in [1.54, 1.807) is 35.9 Å². The van der Waals surface area contributed by atoms with Gasteiger partial charge < -0.3 is 13.9 Å². The quantitative estimate of drug-likeness (QED) is 0.661. The molecule has 2 aromatic heterocycles. The Bertz CT molecular complexity index is 864. The molecule has 0 spiro atoms. The minimum absolute atomic E-state index is 0.0231. The molecule has 0 N–H and O–H groups in total. The van der Waals surface area contributed by atoms with Crippen molar-refractivity contribution in [2.24, 2.45) is 0 Å². The van der Waals surface area contributed by atoms with Gasteiger partial charge in [-0.15, -0.1) is 0 Å². The molecule has 2 heterocycles. The van der Waals surface area contributed by atoms with Crippen LogP contribution >= 0.6 is 11.6 Å². The highest BCUT2D eigenvalue weighted by molar-refractivity contribution is 6.30. The summed E-state index contributed by atoms with van der Waals surface area (Å²) in [5.41, 5.74) is 1.31. The fourth-order valence-electron chi connectivity index (χ4n) is 2.11. The molecule has 0 saturated carbocycles. The van der Waals surface area contributed by atoms with E-state index >= 15 is 0 Å². The number of pyridine rings is 1. The molecule has 0 fully saturated rings. The van der Waals surface area contributed by atoms with Crippen molar-refractivity contribution < 1.29 is 18.7 Å². The molecule has 1 aromatic carbocycles. The Morgan fingerprint density at radius 2 is 2.00 bits per heavy atom. The molecule has 0 radical (unpaired) electrons. The van der Waals surface area contributed by atoms with Crippen molar-refractivity contribution in [3.05, 3.63) is 65.3 Å². The summed E-state index contributed by atoms with van der Waals surface area (Å²) < 4.78 is 25.2. The van der Waals surface area contributed by atoms with Crippen LogP contribution < -0.4 is 4.74 Å². The number of hydrogen-bond donors (Lipinski definition) is 0. The Hall–Kier alpha value is -2.60. The topological polar surface area (TPSA) is 52.8 Å². The van der Waals surface area contributed by atoms with Crippen molar-refractivity contribution in [3.63, 3.8) is 0 Å². The van der Waals surface area contributed by atoms with Gasteiger partial charge in [0.15, 0.2) is 6.10 Å². The van der Waals surface area contributed by atoms with Crippen LogP contribution in [-0.4, -0.2) is 21.5 Å². The molecular weight excluding hydrogens is 335 g/mol. The summed E-state index contributed by atoms with van der Waals surface area (Å²) in [6.45, 7) is 1.59. The summed E-state index contributed by atoms with van der Waals surface area (Å²) in [5, 5.41) is 0.588. The molecule has 0 aliphatic carbocycles. The largest absolute Gasteiger partial charge is 0.479 e. The van der Waals surface area contributed by atoms with Crippen LogP contribution in [0.2, 0.25) is 5.02 Å². The van der Waals surface area contributed by atoms with E-state index in [0.717, 1.165) is 0 Å². The molecular formula is C17H14ClFN2O3. The van der Waals surface area contributed by atoms with E-state index in [2.05, 4.69) is 4.98 Å². The number of ether oxygens (including phenoxy) is 2. The van der Waals surface area contributed by atoms with Gasteiger partial charge >= 0.3 is 5.97 Å². The lowest BCUT2D eigenvalue weighted by atomic mass is 10.3. The number of fused-ring (bicyclic) bond motifs is 1. The van der Waals surface area contributed by atoms with Crippen LogP contribution in [0.3, 0.4) is 0 Å².